The van der Waals surface area contributed by atoms with E-state index in [1.165, 1.54) is 6.07 Å². The van der Waals surface area contributed by atoms with Crippen molar-refractivity contribution in [1.82, 2.24) is 5.32 Å². The van der Waals surface area contributed by atoms with Crippen LogP contribution in [0, 0.1) is 5.82 Å². The van der Waals surface area contributed by atoms with Crippen LogP contribution in [-0.4, -0.2) is 13.2 Å². The Morgan fingerprint density at radius 2 is 1.95 bits per heavy atom. The van der Waals surface area contributed by atoms with Crippen LogP contribution < -0.4 is 10.1 Å². The molecule has 21 heavy (non-hydrogen) atoms. The zero-order chi connectivity index (χ0) is 15.2. The number of ether oxygens (including phenoxy) is 1. The van der Waals surface area contributed by atoms with E-state index in [1.54, 1.807) is 6.07 Å². The SMILES string of the molecule is CCNC(c1cccc(OCC)c1)c1cccc(F)c1Br. The molecular weight excluding hydrogens is 333 g/mol. The van der Waals surface area contributed by atoms with Gasteiger partial charge in [0.1, 0.15) is 11.6 Å². The van der Waals surface area contributed by atoms with Crippen LogP contribution in [0.3, 0.4) is 0 Å². The molecule has 1 N–H and O–H groups in total. The summed E-state index contributed by atoms with van der Waals surface area (Å²) in [6.07, 6.45) is 0. The summed E-state index contributed by atoms with van der Waals surface area (Å²) in [7, 11) is 0. The molecule has 0 heterocycles. The van der Waals surface area contributed by atoms with Crippen molar-refractivity contribution in [1.29, 1.82) is 0 Å². The first-order valence-electron chi connectivity index (χ1n) is 7.07. The minimum absolute atomic E-state index is 0.0829. The Kier molecular flexibility index (Phi) is 5.76. The van der Waals surface area contributed by atoms with Crippen LogP contribution in [0.5, 0.6) is 5.75 Å². The van der Waals surface area contributed by atoms with E-state index in [1.807, 2.05) is 44.2 Å². The molecule has 112 valence electrons. The van der Waals surface area contributed by atoms with E-state index in [0.29, 0.717) is 11.1 Å². The van der Waals surface area contributed by atoms with Crippen LogP contribution in [0.15, 0.2) is 46.9 Å². The fourth-order valence-electron chi connectivity index (χ4n) is 2.31. The number of nitrogens with one attached hydrogen (secondary N) is 1. The van der Waals surface area contributed by atoms with Crippen LogP contribution >= 0.6 is 15.9 Å². The van der Waals surface area contributed by atoms with Crippen molar-refractivity contribution in [2.24, 2.45) is 0 Å². The molecule has 0 fully saturated rings. The van der Waals surface area contributed by atoms with E-state index in [9.17, 15) is 4.39 Å². The highest BCUT2D eigenvalue weighted by molar-refractivity contribution is 9.10. The number of rotatable bonds is 6. The Bertz CT molecular complexity index is 603. The molecule has 0 aliphatic carbocycles. The van der Waals surface area contributed by atoms with Gasteiger partial charge in [0.15, 0.2) is 0 Å². The number of benzene rings is 2. The van der Waals surface area contributed by atoms with Gasteiger partial charge in [-0.05, 0) is 58.7 Å². The Morgan fingerprint density at radius 1 is 1.19 bits per heavy atom. The van der Waals surface area contributed by atoms with E-state index in [4.69, 9.17) is 4.74 Å². The largest absolute Gasteiger partial charge is 0.494 e. The second-order valence-electron chi connectivity index (χ2n) is 4.64. The van der Waals surface area contributed by atoms with E-state index in [2.05, 4.69) is 21.2 Å². The highest BCUT2D eigenvalue weighted by Gasteiger charge is 2.18. The maximum atomic E-state index is 13.8. The summed E-state index contributed by atoms with van der Waals surface area (Å²) in [4.78, 5) is 0. The average molecular weight is 352 g/mol. The molecule has 0 aliphatic rings. The lowest BCUT2D eigenvalue weighted by atomic mass is 9.98. The van der Waals surface area contributed by atoms with Gasteiger partial charge in [0.2, 0.25) is 0 Å². The zero-order valence-corrected chi connectivity index (χ0v) is 13.8. The van der Waals surface area contributed by atoms with Crippen molar-refractivity contribution in [2.75, 3.05) is 13.2 Å². The molecule has 2 nitrogen and oxygen atoms in total. The van der Waals surface area contributed by atoms with Crippen molar-refractivity contribution in [3.8, 4) is 5.75 Å². The van der Waals surface area contributed by atoms with Crippen LogP contribution in [-0.2, 0) is 0 Å². The Labute approximate surface area is 133 Å². The molecule has 2 rings (SSSR count). The minimum atomic E-state index is -0.253. The van der Waals surface area contributed by atoms with Crippen molar-refractivity contribution < 1.29 is 9.13 Å². The first kappa shape index (κ1) is 16.0. The average Bonchev–Trinajstić information content (AvgIpc) is 2.49. The van der Waals surface area contributed by atoms with Crippen LogP contribution in [0.25, 0.3) is 0 Å². The Morgan fingerprint density at radius 3 is 2.67 bits per heavy atom. The van der Waals surface area contributed by atoms with E-state index in [0.717, 1.165) is 23.4 Å². The predicted octanol–water partition coefficient (Wildman–Crippen LogP) is 4.69. The van der Waals surface area contributed by atoms with Crippen LogP contribution in [0.1, 0.15) is 31.0 Å². The Hall–Kier alpha value is -1.39. The molecule has 0 amide bonds. The summed E-state index contributed by atoms with van der Waals surface area (Å²) in [5, 5.41) is 3.40. The summed E-state index contributed by atoms with van der Waals surface area (Å²) in [5.41, 5.74) is 1.93. The molecule has 0 saturated heterocycles. The third kappa shape index (κ3) is 3.83. The van der Waals surface area contributed by atoms with Crippen molar-refractivity contribution in [2.45, 2.75) is 19.9 Å². The molecule has 2 aromatic rings. The van der Waals surface area contributed by atoms with Gasteiger partial charge in [-0.2, -0.15) is 0 Å². The first-order chi connectivity index (χ1) is 10.2. The molecule has 0 spiro atoms. The highest BCUT2D eigenvalue weighted by atomic mass is 79.9. The molecule has 0 aliphatic heterocycles. The van der Waals surface area contributed by atoms with E-state index in [-0.39, 0.29) is 11.9 Å². The van der Waals surface area contributed by atoms with Gasteiger partial charge >= 0.3 is 0 Å². The minimum Gasteiger partial charge on any atom is -0.494 e. The quantitative estimate of drug-likeness (QED) is 0.815. The molecule has 4 heteroatoms. The van der Waals surface area contributed by atoms with Gasteiger partial charge in [0, 0.05) is 0 Å². The second-order valence-corrected chi connectivity index (χ2v) is 5.43. The number of halogens is 2. The zero-order valence-electron chi connectivity index (χ0n) is 12.2. The van der Waals surface area contributed by atoms with Gasteiger partial charge in [-0.15, -0.1) is 0 Å². The Balaban J connectivity index is 2.43. The van der Waals surface area contributed by atoms with Crippen molar-refractivity contribution in [3.05, 3.63) is 63.9 Å². The summed E-state index contributed by atoms with van der Waals surface area (Å²) < 4.78 is 19.8. The molecular formula is C17H19BrFNO. The monoisotopic (exact) mass is 351 g/mol. The molecule has 0 saturated carbocycles. The van der Waals surface area contributed by atoms with Gasteiger partial charge in [-0.25, -0.2) is 4.39 Å². The third-order valence-electron chi connectivity index (χ3n) is 3.20. The van der Waals surface area contributed by atoms with Gasteiger partial charge in [0.25, 0.3) is 0 Å². The molecule has 0 radical (unpaired) electrons. The number of hydrogen-bond donors (Lipinski definition) is 1. The summed E-state index contributed by atoms with van der Waals surface area (Å²) in [6, 6.07) is 12.9. The smallest absolute Gasteiger partial charge is 0.137 e. The van der Waals surface area contributed by atoms with Gasteiger partial charge in [-0.1, -0.05) is 31.2 Å². The normalized spacial score (nSPS) is 12.2. The van der Waals surface area contributed by atoms with Gasteiger partial charge in [-0.3, -0.25) is 0 Å². The fourth-order valence-corrected chi connectivity index (χ4v) is 2.80. The van der Waals surface area contributed by atoms with Gasteiger partial charge < -0.3 is 10.1 Å². The lowest BCUT2D eigenvalue weighted by molar-refractivity contribution is 0.339. The predicted molar refractivity (Wildman–Crippen MR) is 87.2 cm³/mol. The molecule has 0 bridgehead atoms. The van der Waals surface area contributed by atoms with Crippen molar-refractivity contribution in [3.63, 3.8) is 0 Å². The molecule has 1 atom stereocenters. The summed E-state index contributed by atoms with van der Waals surface area (Å²) in [5.74, 6) is 0.571. The number of hydrogen-bond acceptors (Lipinski definition) is 2. The van der Waals surface area contributed by atoms with Gasteiger partial charge in [0.05, 0.1) is 17.1 Å². The highest BCUT2D eigenvalue weighted by Crippen LogP contribution is 2.31. The maximum absolute atomic E-state index is 13.8. The maximum Gasteiger partial charge on any atom is 0.137 e. The first-order valence-corrected chi connectivity index (χ1v) is 7.86. The van der Waals surface area contributed by atoms with E-state index >= 15 is 0 Å². The van der Waals surface area contributed by atoms with Crippen LogP contribution in [0.2, 0.25) is 0 Å². The second kappa shape index (κ2) is 7.57. The summed E-state index contributed by atoms with van der Waals surface area (Å²) in [6.45, 7) is 5.40. The van der Waals surface area contributed by atoms with Crippen molar-refractivity contribution >= 4 is 15.9 Å². The van der Waals surface area contributed by atoms with E-state index < -0.39 is 0 Å². The topological polar surface area (TPSA) is 21.3 Å². The van der Waals surface area contributed by atoms with Crippen LogP contribution in [0.4, 0.5) is 4.39 Å². The lowest BCUT2D eigenvalue weighted by Gasteiger charge is -2.21. The summed E-state index contributed by atoms with van der Waals surface area (Å²) >= 11 is 3.35. The molecule has 2 aromatic carbocycles. The third-order valence-corrected chi connectivity index (χ3v) is 4.04. The lowest BCUT2D eigenvalue weighted by Crippen LogP contribution is -2.22. The fraction of sp³-hybridized carbons (Fsp3) is 0.294. The molecule has 1 unspecified atom stereocenters. The molecule has 0 aromatic heterocycles. The standard InChI is InChI=1S/C17H19BrFNO/c1-3-20-17(14-9-6-10-15(19)16(14)18)12-7-5-8-13(11-12)21-4-2/h5-11,17,20H,3-4H2,1-2H3.